The number of aromatic nitrogens is 1. The van der Waals surface area contributed by atoms with Gasteiger partial charge in [-0.05, 0) is 37.1 Å². The summed E-state index contributed by atoms with van der Waals surface area (Å²) in [4.78, 5) is 4.25. The highest BCUT2D eigenvalue weighted by Gasteiger charge is 2.09. The first-order valence-electron chi connectivity index (χ1n) is 6.67. The number of methoxy groups -OCH3 is 1. The van der Waals surface area contributed by atoms with Gasteiger partial charge in [-0.2, -0.15) is 0 Å². The molecule has 0 fully saturated rings. The van der Waals surface area contributed by atoms with Crippen LogP contribution in [0.1, 0.15) is 24.1 Å². The van der Waals surface area contributed by atoms with E-state index in [4.69, 9.17) is 15.2 Å². The summed E-state index contributed by atoms with van der Waals surface area (Å²) < 4.78 is 10.9. The van der Waals surface area contributed by atoms with Crippen molar-refractivity contribution in [3.8, 4) is 11.6 Å². The average molecular weight is 272 g/mol. The molecule has 0 unspecified atom stereocenters. The summed E-state index contributed by atoms with van der Waals surface area (Å²) in [5.74, 6) is 1.32. The quantitative estimate of drug-likeness (QED) is 0.878. The zero-order valence-corrected chi connectivity index (χ0v) is 11.9. The number of nitrogens with zero attached hydrogens (tertiary/aromatic N) is 1. The lowest BCUT2D eigenvalue weighted by atomic mass is 10.1. The van der Waals surface area contributed by atoms with E-state index in [0.29, 0.717) is 5.88 Å². The maximum absolute atomic E-state index is 5.91. The Morgan fingerprint density at radius 2 is 1.95 bits per heavy atom. The van der Waals surface area contributed by atoms with Crippen molar-refractivity contribution in [3.63, 3.8) is 0 Å². The van der Waals surface area contributed by atoms with Crippen molar-refractivity contribution in [2.45, 2.75) is 19.4 Å². The van der Waals surface area contributed by atoms with Gasteiger partial charge in [0.1, 0.15) is 5.75 Å². The molecule has 106 valence electrons. The molecule has 0 saturated heterocycles. The van der Waals surface area contributed by atoms with Gasteiger partial charge in [-0.1, -0.05) is 18.2 Å². The van der Waals surface area contributed by atoms with Crippen LogP contribution in [-0.2, 0) is 11.2 Å². The number of benzene rings is 1. The summed E-state index contributed by atoms with van der Waals surface area (Å²) in [6.45, 7) is 2.63. The molecule has 2 rings (SSSR count). The third kappa shape index (κ3) is 3.79. The second kappa shape index (κ2) is 7.03. The molecule has 20 heavy (non-hydrogen) atoms. The molecule has 4 nitrogen and oxygen atoms in total. The van der Waals surface area contributed by atoms with Crippen molar-refractivity contribution in [2.75, 3.05) is 13.7 Å². The van der Waals surface area contributed by atoms with Crippen LogP contribution in [0.3, 0.4) is 0 Å². The van der Waals surface area contributed by atoms with Crippen molar-refractivity contribution >= 4 is 0 Å². The molecule has 0 saturated carbocycles. The molecule has 1 heterocycles. The van der Waals surface area contributed by atoms with E-state index < -0.39 is 0 Å². The second-order valence-electron chi connectivity index (χ2n) is 4.68. The molecule has 4 heteroatoms. The van der Waals surface area contributed by atoms with Gasteiger partial charge in [0.25, 0.3) is 0 Å². The molecule has 0 aliphatic carbocycles. The van der Waals surface area contributed by atoms with Crippen molar-refractivity contribution in [3.05, 3.63) is 53.7 Å². The van der Waals surface area contributed by atoms with Gasteiger partial charge in [0.05, 0.1) is 6.61 Å². The van der Waals surface area contributed by atoms with Gasteiger partial charge in [0.15, 0.2) is 0 Å². The molecule has 1 aromatic heterocycles. The maximum Gasteiger partial charge on any atom is 0.223 e. The van der Waals surface area contributed by atoms with Crippen molar-refractivity contribution in [2.24, 2.45) is 5.73 Å². The summed E-state index contributed by atoms with van der Waals surface area (Å²) in [6, 6.07) is 11.6. The summed E-state index contributed by atoms with van der Waals surface area (Å²) in [5, 5.41) is 0. The number of ether oxygens (including phenoxy) is 2. The Morgan fingerprint density at radius 1 is 1.20 bits per heavy atom. The van der Waals surface area contributed by atoms with Gasteiger partial charge in [0.2, 0.25) is 5.88 Å². The van der Waals surface area contributed by atoms with Crippen LogP contribution >= 0.6 is 0 Å². The molecule has 0 radical (unpaired) electrons. The Morgan fingerprint density at radius 3 is 2.60 bits per heavy atom. The largest absolute Gasteiger partial charge is 0.439 e. The number of pyridine rings is 1. The molecule has 1 atom stereocenters. The molecule has 0 amide bonds. The van der Waals surface area contributed by atoms with Crippen LogP contribution in [0.25, 0.3) is 0 Å². The summed E-state index contributed by atoms with van der Waals surface area (Å²) in [7, 11) is 1.70. The zero-order chi connectivity index (χ0) is 14.4. The Kier molecular flexibility index (Phi) is 5.09. The molecular weight excluding hydrogens is 252 g/mol. The first-order chi connectivity index (χ1) is 9.70. The van der Waals surface area contributed by atoms with E-state index in [1.807, 2.05) is 43.3 Å². The molecule has 1 aromatic carbocycles. The fraction of sp³-hybridized carbons (Fsp3) is 0.312. The monoisotopic (exact) mass is 272 g/mol. The highest BCUT2D eigenvalue weighted by molar-refractivity contribution is 5.35. The standard InChI is InChI=1S/C16H20N2O2/c1-12(17)15-4-3-10-18-16(15)20-14-7-5-13(6-8-14)9-11-19-2/h3-8,10,12H,9,11,17H2,1-2H3/t12-/m1/s1. The van der Waals surface area contributed by atoms with Gasteiger partial charge in [-0.15, -0.1) is 0 Å². The second-order valence-corrected chi connectivity index (χ2v) is 4.68. The van der Waals surface area contributed by atoms with Crippen LogP contribution in [0.5, 0.6) is 11.6 Å². The minimum atomic E-state index is -0.111. The van der Waals surface area contributed by atoms with Gasteiger partial charge in [0, 0.05) is 24.9 Å². The van der Waals surface area contributed by atoms with Gasteiger partial charge >= 0.3 is 0 Å². The van der Waals surface area contributed by atoms with Crippen LogP contribution < -0.4 is 10.5 Å². The third-order valence-electron chi connectivity index (χ3n) is 3.02. The van der Waals surface area contributed by atoms with Crippen LogP contribution in [0.2, 0.25) is 0 Å². The highest BCUT2D eigenvalue weighted by Crippen LogP contribution is 2.26. The van der Waals surface area contributed by atoms with Crippen LogP contribution in [0, 0.1) is 0 Å². The number of hydrogen-bond donors (Lipinski definition) is 1. The van der Waals surface area contributed by atoms with Gasteiger partial charge in [-0.3, -0.25) is 0 Å². The summed E-state index contributed by atoms with van der Waals surface area (Å²) >= 11 is 0. The third-order valence-corrected chi connectivity index (χ3v) is 3.02. The van der Waals surface area contributed by atoms with E-state index in [1.54, 1.807) is 13.3 Å². The predicted octanol–water partition coefficient (Wildman–Crippen LogP) is 3.08. The molecule has 0 aliphatic rings. The number of hydrogen-bond acceptors (Lipinski definition) is 4. The minimum Gasteiger partial charge on any atom is -0.439 e. The Labute approximate surface area is 119 Å². The highest BCUT2D eigenvalue weighted by atomic mass is 16.5. The Hall–Kier alpha value is -1.91. The normalized spacial score (nSPS) is 12.2. The molecular formula is C16H20N2O2. The smallest absolute Gasteiger partial charge is 0.223 e. The lowest BCUT2D eigenvalue weighted by molar-refractivity contribution is 0.202. The van der Waals surface area contributed by atoms with E-state index in [1.165, 1.54) is 5.56 Å². The SMILES string of the molecule is COCCc1ccc(Oc2ncccc2[C@@H](C)N)cc1. The zero-order valence-electron chi connectivity index (χ0n) is 11.9. The molecule has 0 spiro atoms. The first-order valence-corrected chi connectivity index (χ1v) is 6.67. The van der Waals surface area contributed by atoms with Crippen molar-refractivity contribution < 1.29 is 9.47 Å². The molecule has 0 bridgehead atoms. The molecule has 2 aromatic rings. The number of nitrogens with two attached hydrogens (primary N) is 1. The summed E-state index contributed by atoms with van der Waals surface area (Å²) in [6.07, 6.45) is 2.60. The van der Waals surface area contributed by atoms with E-state index in [9.17, 15) is 0 Å². The maximum atomic E-state index is 5.91. The van der Waals surface area contributed by atoms with Crippen molar-refractivity contribution in [1.29, 1.82) is 0 Å². The topological polar surface area (TPSA) is 57.4 Å². The molecule has 0 aliphatic heterocycles. The van der Waals surface area contributed by atoms with Gasteiger partial charge in [-0.25, -0.2) is 4.98 Å². The Balaban J connectivity index is 2.10. The minimum absolute atomic E-state index is 0.111. The number of rotatable bonds is 6. The predicted molar refractivity (Wildman–Crippen MR) is 78.9 cm³/mol. The van der Waals surface area contributed by atoms with E-state index in [2.05, 4.69) is 4.98 Å². The van der Waals surface area contributed by atoms with Crippen LogP contribution in [-0.4, -0.2) is 18.7 Å². The first kappa shape index (κ1) is 14.5. The fourth-order valence-electron chi connectivity index (χ4n) is 1.89. The van der Waals surface area contributed by atoms with E-state index in [-0.39, 0.29) is 6.04 Å². The fourth-order valence-corrected chi connectivity index (χ4v) is 1.89. The molecule has 2 N–H and O–H groups in total. The lowest BCUT2D eigenvalue weighted by Crippen LogP contribution is -2.07. The lowest BCUT2D eigenvalue weighted by Gasteiger charge is -2.12. The summed E-state index contributed by atoms with van der Waals surface area (Å²) in [5.41, 5.74) is 8.03. The van der Waals surface area contributed by atoms with Gasteiger partial charge < -0.3 is 15.2 Å². The van der Waals surface area contributed by atoms with Crippen LogP contribution in [0.15, 0.2) is 42.6 Å². The van der Waals surface area contributed by atoms with Crippen LogP contribution in [0.4, 0.5) is 0 Å². The Bertz CT molecular complexity index is 538. The van der Waals surface area contributed by atoms with E-state index >= 15 is 0 Å². The van der Waals surface area contributed by atoms with E-state index in [0.717, 1.165) is 24.3 Å². The van der Waals surface area contributed by atoms with Crippen molar-refractivity contribution in [1.82, 2.24) is 4.98 Å². The average Bonchev–Trinajstić information content (AvgIpc) is 2.47.